The van der Waals surface area contributed by atoms with Gasteiger partial charge in [0.1, 0.15) is 6.04 Å². The Morgan fingerprint density at radius 3 is 2.35 bits per heavy atom. The van der Waals surface area contributed by atoms with E-state index in [1.165, 1.54) is 18.4 Å². The summed E-state index contributed by atoms with van der Waals surface area (Å²) in [5.41, 5.74) is 1.92. The van der Waals surface area contributed by atoms with E-state index < -0.39 is 36.3 Å². The van der Waals surface area contributed by atoms with E-state index in [4.69, 9.17) is 4.74 Å². The highest BCUT2D eigenvalue weighted by atomic mass is 16.5. The number of benzene rings is 1. The van der Waals surface area contributed by atoms with Gasteiger partial charge in [-0.15, -0.1) is 0 Å². The summed E-state index contributed by atoms with van der Waals surface area (Å²) in [6, 6.07) is 5.44. The molecule has 1 atom stereocenters. The van der Waals surface area contributed by atoms with Crippen molar-refractivity contribution in [2.75, 3.05) is 13.2 Å². The number of amides is 3. The van der Waals surface area contributed by atoms with E-state index in [0.29, 0.717) is 6.54 Å². The van der Waals surface area contributed by atoms with Crippen LogP contribution >= 0.6 is 0 Å². The quantitative estimate of drug-likeness (QED) is 0.372. The van der Waals surface area contributed by atoms with Crippen LogP contribution in [0.4, 0.5) is 0 Å². The molecule has 7 heteroatoms. The summed E-state index contributed by atoms with van der Waals surface area (Å²) in [6.45, 7) is 3.85. The number of carbonyl (C=O) groups is 4. The Hall–Kier alpha value is -2.96. The number of imide groups is 1. The van der Waals surface area contributed by atoms with Gasteiger partial charge in [-0.2, -0.15) is 0 Å². The lowest BCUT2D eigenvalue weighted by atomic mass is 9.97. The minimum absolute atomic E-state index is 0.0412. The molecule has 2 aliphatic rings. The van der Waals surface area contributed by atoms with Crippen molar-refractivity contribution in [3.63, 3.8) is 0 Å². The molecule has 1 aromatic rings. The van der Waals surface area contributed by atoms with Crippen molar-refractivity contribution in [2.24, 2.45) is 5.92 Å². The van der Waals surface area contributed by atoms with Crippen LogP contribution in [0.1, 0.15) is 73.1 Å². The minimum atomic E-state index is -1.06. The summed E-state index contributed by atoms with van der Waals surface area (Å²) in [7, 11) is 0. The average Bonchev–Trinajstić information content (AvgIpc) is 3.01. The molecule has 0 spiro atoms. The first-order valence-electron chi connectivity index (χ1n) is 11.0. The number of nitrogens with zero attached hydrogens (tertiary/aromatic N) is 1. The van der Waals surface area contributed by atoms with Crippen molar-refractivity contribution < 1.29 is 23.9 Å². The van der Waals surface area contributed by atoms with Crippen LogP contribution < -0.4 is 5.32 Å². The molecular weight excluding hydrogens is 396 g/mol. The predicted molar refractivity (Wildman–Crippen MR) is 115 cm³/mol. The van der Waals surface area contributed by atoms with Crippen molar-refractivity contribution in [3.8, 4) is 0 Å². The van der Waals surface area contributed by atoms with Crippen LogP contribution in [0, 0.1) is 5.92 Å². The normalized spacial score (nSPS) is 16.7. The highest BCUT2D eigenvalue weighted by Gasteiger charge is 2.43. The lowest BCUT2D eigenvalue weighted by Gasteiger charge is -2.25. The Labute approximate surface area is 182 Å². The van der Waals surface area contributed by atoms with Crippen molar-refractivity contribution in [1.29, 1.82) is 0 Å². The van der Waals surface area contributed by atoms with E-state index in [9.17, 15) is 19.2 Å². The van der Waals surface area contributed by atoms with Crippen LogP contribution in [-0.2, 0) is 14.3 Å². The van der Waals surface area contributed by atoms with Crippen molar-refractivity contribution in [1.82, 2.24) is 10.2 Å². The Kier molecular flexibility index (Phi) is 7.60. The maximum absolute atomic E-state index is 12.8. The number of nitrogens with one attached hydrogen (secondary N) is 1. The van der Waals surface area contributed by atoms with Gasteiger partial charge < -0.3 is 10.1 Å². The Morgan fingerprint density at radius 1 is 1.10 bits per heavy atom. The topological polar surface area (TPSA) is 92.8 Å². The second-order valence-electron chi connectivity index (χ2n) is 8.49. The fourth-order valence-electron chi connectivity index (χ4n) is 4.02. The fraction of sp³-hybridized carbons (Fsp3) is 0.500. The SMILES string of the molecule is CC(C)CC(C(=O)OCC(=O)NCCC1=CCCCC1)N1C(=O)c2ccccc2C1=O. The third-order valence-corrected chi connectivity index (χ3v) is 5.60. The maximum Gasteiger partial charge on any atom is 0.329 e. The number of hydrogen-bond donors (Lipinski definition) is 1. The predicted octanol–water partition coefficient (Wildman–Crippen LogP) is 3.25. The zero-order chi connectivity index (χ0) is 22.4. The smallest absolute Gasteiger partial charge is 0.329 e. The van der Waals surface area contributed by atoms with Crippen molar-refractivity contribution >= 4 is 23.7 Å². The number of carbonyl (C=O) groups excluding carboxylic acids is 4. The monoisotopic (exact) mass is 426 g/mol. The largest absolute Gasteiger partial charge is 0.454 e. The Balaban J connectivity index is 1.56. The van der Waals surface area contributed by atoms with E-state index in [0.717, 1.165) is 24.2 Å². The molecule has 1 heterocycles. The Bertz CT molecular complexity index is 855. The van der Waals surface area contributed by atoms with Gasteiger partial charge in [0.2, 0.25) is 0 Å². The summed E-state index contributed by atoms with van der Waals surface area (Å²) >= 11 is 0. The zero-order valence-corrected chi connectivity index (χ0v) is 18.2. The van der Waals surface area contributed by atoms with Crippen molar-refractivity contribution in [2.45, 2.75) is 58.4 Å². The molecule has 3 amide bonds. The van der Waals surface area contributed by atoms with Gasteiger partial charge >= 0.3 is 5.97 Å². The van der Waals surface area contributed by atoms with Crippen LogP contribution in [-0.4, -0.2) is 47.8 Å². The summed E-state index contributed by atoms with van der Waals surface area (Å²) in [5, 5.41) is 2.76. The van der Waals surface area contributed by atoms with E-state index in [-0.39, 0.29) is 23.5 Å². The van der Waals surface area contributed by atoms with Crippen LogP contribution in [0.3, 0.4) is 0 Å². The third kappa shape index (κ3) is 5.60. The first-order valence-corrected chi connectivity index (χ1v) is 11.0. The van der Waals surface area contributed by atoms with Gasteiger partial charge in [0.25, 0.3) is 17.7 Å². The number of fused-ring (bicyclic) bond motifs is 1. The van der Waals surface area contributed by atoms with E-state index in [2.05, 4.69) is 11.4 Å². The molecule has 1 aliphatic carbocycles. The number of rotatable bonds is 9. The fourth-order valence-corrected chi connectivity index (χ4v) is 4.02. The molecule has 31 heavy (non-hydrogen) atoms. The van der Waals surface area contributed by atoms with Gasteiger partial charge in [-0.1, -0.05) is 37.6 Å². The number of esters is 1. The molecule has 1 N–H and O–H groups in total. The van der Waals surface area contributed by atoms with Crippen LogP contribution in [0.5, 0.6) is 0 Å². The first-order chi connectivity index (χ1) is 14.9. The second kappa shape index (κ2) is 10.4. The van der Waals surface area contributed by atoms with E-state index >= 15 is 0 Å². The average molecular weight is 427 g/mol. The van der Waals surface area contributed by atoms with Gasteiger partial charge in [-0.05, 0) is 56.6 Å². The summed E-state index contributed by atoms with van der Waals surface area (Å²) in [4.78, 5) is 51.4. The van der Waals surface area contributed by atoms with Crippen LogP contribution in [0.25, 0.3) is 0 Å². The van der Waals surface area contributed by atoms with Gasteiger partial charge in [-0.25, -0.2) is 4.79 Å². The van der Waals surface area contributed by atoms with Gasteiger partial charge in [0, 0.05) is 6.54 Å². The standard InChI is InChI=1S/C24H30N2O5/c1-16(2)14-20(26-22(28)18-10-6-7-11-19(18)23(26)29)24(30)31-15-21(27)25-13-12-17-8-4-3-5-9-17/h6-8,10-11,16,20H,3-5,9,12-15H2,1-2H3,(H,25,27). The minimum Gasteiger partial charge on any atom is -0.454 e. The molecule has 166 valence electrons. The first kappa shape index (κ1) is 22.7. The molecular formula is C24H30N2O5. The maximum atomic E-state index is 12.8. The van der Waals surface area contributed by atoms with Crippen molar-refractivity contribution in [3.05, 3.63) is 47.0 Å². The molecule has 7 nitrogen and oxygen atoms in total. The molecule has 1 aromatic carbocycles. The highest BCUT2D eigenvalue weighted by molar-refractivity contribution is 6.22. The summed E-state index contributed by atoms with van der Waals surface area (Å²) < 4.78 is 5.21. The van der Waals surface area contributed by atoms with Crippen LogP contribution in [0.2, 0.25) is 0 Å². The van der Waals surface area contributed by atoms with Gasteiger partial charge in [0.05, 0.1) is 11.1 Å². The molecule has 0 saturated heterocycles. The second-order valence-corrected chi connectivity index (χ2v) is 8.49. The summed E-state index contributed by atoms with van der Waals surface area (Å²) in [6.07, 6.45) is 7.86. The number of ether oxygens (including phenoxy) is 1. The molecule has 0 saturated carbocycles. The van der Waals surface area contributed by atoms with Gasteiger partial charge in [0.15, 0.2) is 6.61 Å². The molecule has 0 bridgehead atoms. The molecule has 0 radical (unpaired) electrons. The zero-order valence-electron chi connectivity index (χ0n) is 18.2. The van der Waals surface area contributed by atoms with Gasteiger partial charge in [-0.3, -0.25) is 19.3 Å². The van der Waals surface area contributed by atoms with Crippen LogP contribution in [0.15, 0.2) is 35.9 Å². The summed E-state index contributed by atoms with van der Waals surface area (Å²) in [5.74, 6) is -2.11. The molecule has 3 rings (SSSR count). The molecule has 1 unspecified atom stereocenters. The van der Waals surface area contributed by atoms with E-state index in [1.807, 2.05) is 13.8 Å². The highest BCUT2D eigenvalue weighted by Crippen LogP contribution is 2.27. The third-order valence-electron chi connectivity index (χ3n) is 5.60. The molecule has 0 aromatic heterocycles. The molecule has 0 fully saturated rings. The Morgan fingerprint density at radius 2 is 1.77 bits per heavy atom. The number of allylic oxidation sites excluding steroid dienone is 1. The number of hydrogen-bond acceptors (Lipinski definition) is 5. The lowest BCUT2D eigenvalue weighted by molar-refractivity contribution is -0.152. The van der Waals surface area contributed by atoms with E-state index in [1.54, 1.807) is 24.3 Å². The molecule has 1 aliphatic heterocycles. The lowest BCUT2D eigenvalue weighted by Crippen LogP contribution is -2.47.